The summed E-state index contributed by atoms with van der Waals surface area (Å²) in [5, 5.41) is 25.8. The maximum Gasteiger partial charge on any atom is 0.326 e. The Kier molecular flexibility index (Phi) is 5.83. The number of carboxylic acid groups (broad SMARTS) is 2. The summed E-state index contributed by atoms with van der Waals surface area (Å²) >= 11 is 0. The minimum atomic E-state index is -1.60. The van der Waals surface area contributed by atoms with E-state index < -0.39 is 84.6 Å². The van der Waals surface area contributed by atoms with Gasteiger partial charge in [0.25, 0.3) is 11.8 Å². The molecule has 3 aliphatic rings. The summed E-state index contributed by atoms with van der Waals surface area (Å²) in [5.74, 6) is -4.36. The first kappa shape index (κ1) is 19.7. The van der Waals surface area contributed by atoms with Crippen LogP contribution in [0.15, 0.2) is 29.2 Å². The van der Waals surface area contributed by atoms with E-state index in [4.69, 9.17) is 16.3 Å². The van der Waals surface area contributed by atoms with Crippen LogP contribution in [0.5, 0.6) is 0 Å². The standard InChI is InChI=1S/C20H23N7O6.ClH/c21-20-24-16-15(18(31)25-20)27-9-26(8-12(27)7-22-16)11-3-1-10(2-4-11)17(30)23-13(19(32)33)5-6-14(28)29;/h1-4,9,12-13,15-16,22H,5-8H2,(H5-,21,23,24,25,28,29,30,31,32,33);1H/t12?,13-,15?,16?;/m0./s1/i1D,2D,3D,4D;. The lowest BCUT2D eigenvalue weighted by Crippen LogP contribution is -3.00. The van der Waals surface area contributed by atoms with E-state index in [2.05, 4.69) is 20.9 Å². The van der Waals surface area contributed by atoms with Gasteiger partial charge in [0.05, 0.1) is 5.48 Å². The van der Waals surface area contributed by atoms with Crippen LogP contribution in [0, 0.1) is 0 Å². The second-order valence-corrected chi connectivity index (χ2v) is 7.69. The molecule has 4 atom stereocenters. The molecule has 182 valence electrons. The number of nitrogens with zero attached hydrogens (tertiary/aromatic N) is 3. The third-order valence-electron chi connectivity index (χ3n) is 5.46. The van der Waals surface area contributed by atoms with Gasteiger partial charge in [0, 0.05) is 18.5 Å². The summed E-state index contributed by atoms with van der Waals surface area (Å²) in [4.78, 5) is 53.2. The summed E-state index contributed by atoms with van der Waals surface area (Å²) in [6.07, 6.45) is -0.0770. The lowest BCUT2D eigenvalue weighted by atomic mass is 10.1. The molecule has 3 heterocycles. The van der Waals surface area contributed by atoms with Crippen molar-refractivity contribution in [3.8, 4) is 0 Å². The molecular formula is C20H24ClN7O6. The fourth-order valence-electron chi connectivity index (χ4n) is 3.87. The molecule has 1 saturated heterocycles. The van der Waals surface area contributed by atoms with E-state index in [1.807, 2.05) is 0 Å². The molecule has 3 aliphatic heterocycles. The molecule has 34 heavy (non-hydrogen) atoms. The van der Waals surface area contributed by atoms with E-state index in [0.29, 0.717) is 6.54 Å². The average molecular weight is 498 g/mol. The summed E-state index contributed by atoms with van der Waals surface area (Å²) < 4.78 is 35.3. The Balaban J connectivity index is 0.00000400. The van der Waals surface area contributed by atoms with Gasteiger partial charge in [-0.25, -0.2) is 19.3 Å². The monoisotopic (exact) mass is 497 g/mol. The number of hydrogen-bond acceptors (Lipinski definition) is 8. The van der Waals surface area contributed by atoms with Gasteiger partial charge in [0.1, 0.15) is 24.3 Å². The molecule has 0 saturated carbocycles. The highest BCUT2D eigenvalue weighted by Gasteiger charge is 2.48. The molecule has 0 spiro atoms. The number of nitrogens with two attached hydrogens (primary N) is 1. The van der Waals surface area contributed by atoms with Gasteiger partial charge in [0.15, 0.2) is 12.1 Å². The number of nitrogens with one attached hydrogen (secondary N) is 3. The smallest absolute Gasteiger partial charge is 0.326 e. The molecule has 0 aromatic heterocycles. The zero-order valence-electron chi connectivity index (χ0n) is 21.5. The topological polar surface area (TPSA) is 189 Å². The van der Waals surface area contributed by atoms with Crippen molar-refractivity contribution >= 4 is 41.7 Å². The van der Waals surface area contributed by atoms with E-state index in [1.54, 1.807) is 4.58 Å². The number of carboxylic acids is 2. The molecule has 4 rings (SSSR count). The quantitative estimate of drug-likeness (QED) is 0.200. The highest BCUT2D eigenvalue weighted by Crippen LogP contribution is 2.23. The predicted molar refractivity (Wildman–Crippen MR) is 115 cm³/mol. The van der Waals surface area contributed by atoms with Crippen LogP contribution in [-0.4, -0.2) is 88.2 Å². The molecule has 2 amide bonds. The molecule has 7 N–H and O–H groups in total. The van der Waals surface area contributed by atoms with Crippen molar-refractivity contribution in [2.24, 2.45) is 10.7 Å². The number of carbonyl (C=O) groups is 4. The van der Waals surface area contributed by atoms with Gasteiger partial charge in [-0.3, -0.25) is 25.0 Å². The minimum absolute atomic E-state index is 0. The van der Waals surface area contributed by atoms with Crippen LogP contribution < -0.4 is 39.0 Å². The molecule has 0 radical (unpaired) electrons. The fraction of sp³-hybridized carbons (Fsp3) is 0.400. The number of hydrogen-bond donors (Lipinski definition) is 6. The summed E-state index contributed by atoms with van der Waals surface area (Å²) in [6, 6.07) is -5.10. The zero-order valence-corrected chi connectivity index (χ0v) is 18.3. The largest absolute Gasteiger partial charge is 1.00 e. The fourth-order valence-corrected chi connectivity index (χ4v) is 3.87. The van der Waals surface area contributed by atoms with Crippen molar-refractivity contribution in [3.63, 3.8) is 0 Å². The minimum Gasteiger partial charge on any atom is -1.00 e. The zero-order chi connectivity index (χ0) is 27.2. The van der Waals surface area contributed by atoms with Crippen LogP contribution in [0.4, 0.5) is 5.69 Å². The van der Waals surface area contributed by atoms with Gasteiger partial charge in [-0.2, -0.15) is 0 Å². The van der Waals surface area contributed by atoms with Crippen molar-refractivity contribution in [2.75, 3.05) is 18.0 Å². The lowest BCUT2D eigenvalue weighted by Gasteiger charge is -2.34. The van der Waals surface area contributed by atoms with Crippen LogP contribution >= 0.6 is 0 Å². The molecule has 1 fully saturated rings. The van der Waals surface area contributed by atoms with Crippen LogP contribution in [0.25, 0.3) is 0 Å². The number of fused-ring (bicyclic) bond motifs is 3. The SMILES string of the molecule is [2H]c1c([2H])c(N2C=[N+]3C(CNC4N=C(N)NC(=O)C43)C2)c([2H])c([2H])c1C(=O)N[C@@H](CCC(=O)O)C(=O)O.[Cl-]. The first-order chi connectivity index (χ1) is 17.4. The molecule has 1 aromatic rings. The number of carbonyl (C=O) groups excluding carboxylic acids is 2. The predicted octanol–water partition coefficient (Wildman–Crippen LogP) is -5.29. The van der Waals surface area contributed by atoms with Crippen molar-refractivity contribution in [1.82, 2.24) is 16.0 Å². The normalized spacial score (nSPS) is 25.5. The lowest BCUT2D eigenvalue weighted by molar-refractivity contribution is -0.586. The van der Waals surface area contributed by atoms with Crippen LogP contribution in [0.2, 0.25) is 0 Å². The van der Waals surface area contributed by atoms with Gasteiger partial charge in [0.2, 0.25) is 12.4 Å². The van der Waals surface area contributed by atoms with E-state index >= 15 is 0 Å². The summed E-state index contributed by atoms with van der Waals surface area (Å²) in [6.45, 7) is 0.606. The van der Waals surface area contributed by atoms with Gasteiger partial charge in [-0.1, -0.05) is 0 Å². The van der Waals surface area contributed by atoms with E-state index in [-0.39, 0.29) is 36.6 Å². The van der Waals surface area contributed by atoms with Gasteiger partial charge >= 0.3 is 11.9 Å². The molecule has 14 heteroatoms. The molecule has 0 aliphatic carbocycles. The van der Waals surface area contributed by atoms with Crippen molar-refractivity contribution in [2.45, 2.75) is 37.1 Å². The van der Waals surface area contributed by atoms with E-state index in [1.165, 1.54) is 11.2 Å². The Morgan fingerprint density at radius 1 is 1.32 bits per heavy atom. The second-order valence-electron chi connectivity index (χ2n) is 7.69. The number of guanidine groups is 1. The van der Waals surface area contributed by atoms with Crippen molar-refractivity contribution < 1.29 is 51.9 Å². The molecule has 13 nitrogen and oxygen atoms in total. The Bertz CT molecular complexity index is 1250. The van der Waals surface area contributed by atoms with E-state index in [9.17, 15) is 24.3 Å². The molecule has 3 unspecified atom stereocenters. The first-order valence-electron chi connectivity index (χ1n) is 12.0. The summed E-state index contributed by atoms with van der Waals surface area (Å²) in [5.41, 5.74) is 4.83. The number of rotatable bonds is 7. The van der Waals surface area contributed by atoms with Gasteiger partial charge in [-0.05, 0) is 30.6 Å². The number of amides is 2. The number of piperazine rings is 1. The Hall–Kier alpha value is -3.71. The summed E-state index contributed by atoms with van der Waals surface area (Å²) in [7, 11) is 0. The van der Waals surface area contributed by atoms with Crippen LogP contribution in [0.1, 0.15) is 28.7 Å². The molecule has 1 aromatic carbocycles. The third-order valence-corrected chi connectivity index (χ3v) is 5.46. The van der Waals surface area contributed by atoms with Crippen LogP contribution in [0.3, 0.4) is 0 Å². The maximum absolute atomic E-state index is 12.8. The van der Waals surface area contributed by atoms with Crippen molar-refractivity contribution in [3.05, 3.63) is 29.7 Å². The average Bonchev–Trinajstić information content (AvgIpc) is 3.23. The first-order valence-corrected chi connectivity index (χ1v) is 10.0. The third kappa shape index (κ3) is 5.10. The molecular weight excluding hydrogens is 470 g/mol. The Morgan fingerprint density at radius 2 is 2.03 bits per heavy atom. The Morgan fingerprint density at radius 3 is 2.68 bits per heavy atom. The number of aliphatic carboxylic acids is 2. The Labute approximate surface area is 205 Å². The van der Waals surface area contributed by atoms with Gasteiger partial charge < -0.3 is 33.7 Å². The number of anilines is 1. The maximum atomic E-state index is 12.8. The second kappa shape index (κ2) is 10.1. The number of halogens is 1. The van der Waals surface area contributed by atoms with Crippen LogP contribution in [-0.2, 0) is 14.4 Å². The highest BCUT2D eigenvalue weighted by molar-refractivity contribution is 6.01. The number of aliphatic imine (C=N–C) groups is 1. The number of benzene rings is 1. The van der Waals surface area contributed by atoms with E-state index in [0.717, 1.165) is 0 Å². The molecule has 0 bridgehead atoms. The van der Waals surface area contributed by atoms with Crippen molar-refractivity contribution in [1.29, 1.82) is 0 Å². The highest BCUT2D eigenvalue weighted by atomic mass is 35.5. The van der Waals surface area contributed by atoms with Gasteiger partial charge in [-0.15, -0.1) is 0 Å².